The number of nitrogens with zero attached hydrogens (tertiary/aromatic N) is 2. The molecule has 2 aliphatic heterocycles. The van der Waals surface area contributed by atoms with Gasteiger partial charge in [-0.25, -0.2) is 4.39 Å². The number of amides is 1. The Morgan fingerprint density at radius 1 is 1.38 bits per heavy atom. The summed E-state index contributed by atoms with van der Waals surface area (Å²) >= 11 is 0. The van der Waals surface area contributed by atoms with Gasteiger partial charge in [-0.3, -0.25) is 9.69 Å². The molecule has 29 heavy (non-hydrogen) atoms. The minimum Gasteiger partial charge on any atom is -0.383 e. The number of hydrogen-bond acceptors (Lipinski definition) is 4. The lowest BCUT2D eigenvalue weighted by Gasteiger charge is -2.38. The van der Waals surface area contributed by atoms with Gasteiger partial charge in [-0.05, 0) is 63.1 Å². The van der Waals surface area contributed by atoms with Crippen LogP contribution < -0.4 is 0 Å². The van der Waals surface area contributed by atoms with E-state index in [1.165, 1.54) is 6.07 Å². The lowest BCUT2D eigenvalue weighted by molar-refractivity contribution is 0.0366. The third-order valence-corrected chi connectivity index (χ3v) is 6.57. The van der Waals surface area contributed by atoms with Crippen LogP contribution in [0.15, 0.2) is 18.2 Å². The van der Waals surface area contributed by atoms with Crippen LogP contribution in [0, 0.1) is 18.2 Å². The number of rotatable bonds is 7. The Kier molecular flexibility index (Phi) is 7.30. The Bertz CT molecular complexity index is 701. The van der Waals surface area contributed by atoms with Crippen LogP contribution in [0.5, 0.6) is 0 Å². The van der Waals surface area contributed by atoms with Crippen molar-refractivity contribution in [3.8, 4) is 0 Å². The number of benzene rings is 1. The molecule has 1 aromatic carbocycles. The summed E-state index contributed by atoms with van der Waals surface area (Å²) in [5.41, 5.74) is 1.17. The lowest BCUT2D eigenvalue weighted by Crippen LogP contribution is -2.44. The SMILES string of the molecule is COCCN(CC1CC2(CCN(C(=O)c3ccc(C)c(F)c3)CC2)CO1)C(C)C. The van der Waals surface area contributed by atoms with Crippen LogP contribution in [0.1, 0.15) is 49.0 Å². The molecule has 2 fully saturated rings. The summed E-state index contributed by atoms with van der Waals surface area (Å²) in [5, 5.41) is 0. The van der Waals surface area contributed by atoms with Crippen LogP contribution in [0.4, 0.5) is 4.39 Å². The van der Waals surface area contributed by atoms with Gasteiger partial charge in [0.15, 0.2) is 0 Å². The second-order valence-electron chi connectivity index (χ2n) is 8.97. The van der Waals surface area contributed by atoms with Gasteiger partial charge in [0.25, 0.3) is 5.91 Å². The fourth-order valence-electron chi connectivity index (χ4n) is 4.48. The van der Waals surface area contributed by atoms with Gasteiger partial charge in [-0.1, -0.05) is 6.07 Å². The predicted molar refractivity (Wildman–Crippen MR) is 112 cm³/mol. The molecule has 1 spiro atoms. The highest BCUT2D eigenvalue weighted by Gasteiger charge is 2.43. The summed E-state index contributed by atoms with van der Waals surface area (Å²) in [4.78, 5) is 17.0. The van der Waals surface area contributed by atoms with Gasteiger partial charge in [-0.2, -0.15) is 0 Å². The minimum absolute atomic E-state index is 0.0697. The first-order valence-electron chi connectivity index (χ1n) is 10.7. The fraction of sp³-hybridized carbons (Fsp3) is 0.696. The quantitative estimate of drug-likeness (QED) is 0.695. The summed E-state index contributed by atoms with van der Waals surface area (Å²) in [6, 6.07) is 5.21. The van der Waals surface area contributed by atoms with Crippen LogP contribution in [-0.4, -0.2) is 74.4 Å². The second-order valence-corrected chi connectivity index (χ2v) is 8.97. The molecule has 162 valence electrons. The zero-order valence-electron chi connectivity index (χ0n) is 18.2. The van der Waals surface area contributed by atoms with E-state index in [1.54, 1.807) is 26.2 Å². The smallest absolute Gasteiger partial charge is 0.253 e. The number of piperidine rings is 1. The summed E-state index contributed by atoms with van der Waals surface area (Å²) in [6.07, 6.45) is 3.18. The molecule has 1 unspecified atom stereocenters. The first-order chi connectivity index (χ1) is 13.8. The first kappa shape index (κ1) is 22.2. The number of aryl methyl sites for hydroxylation is 1. The fourth-order valence-corrected chi connectivity index (χ4v) is 4.48. The van der Waals surface area contributed by atoms with Crippen LogP contribution in [-0.2, 0) is 9.47 Å². The molecule has 2 saturated heterocycles. The largest absolute Gasteiger partial charge is 0.383 e. The highest BCUT2D eigenvalue weighted by Crippen LogP contribution is 2.42. The third-order valence-electron chi connectivity index (χ3n) is 6.57. The molecule has 1 aromatic rings. The third kappa shape index (κ3) is 5.36. The molecule has 0 aliphatic carbocycles. The summed E-state index contributed by atoms with van der Waals surface area (Å²) < 4.78 is 25.2. The lowest BCUT2D eigenvalue weighted by atomic mass is 9.76. The van der Waals surface area contributed by atoms with Crippen LogP contribution in [0.25, 0.3) is 0 Å². The summed E-state index contributed by atoms with van der Waals surface area (Å²) in [6.45, 7) is 10.9. The van der Waals surface area contributed by atoms with Crippen LogP contribution in [0.3, 0.4) is 0 Å². The normalized spacial score (nSPS) is 21.5. The zero-order chi connectivity index (χ0) is 21.0. The van der Waals surface area contributed by atoms with E-state index in [1.807, 2.05) is 4.90 Å². The molecule has 3 rings (SSSR count). The molecule has 1 atom stereocenters. The van der Waals surface area contributed by atoms with Gasteiger partial charge in [0.1, 0.15) is 5.82 Å². The molecular weight excluding hydrogens is 371 g/mol. The van der Waals surface area contributed by atoms with Crippen molar-refractivity contribution in [2.45, 2.75) is 52.2 Å². The molecule has 0 saturated carbocycles. The average Bonchev–Trinajstić information content (AvgIpc) is 3.09. The van der Waals surface area contributed by atoms with Gasteiger partial charge in [0.2, 0.25) is 0 Å². The van der Waals surface area contributed by atoms with Gasteiger partial charge in [0, 0.05) is 44.9 Å². The molecule has 5 nitrogen and oxygen atoms in total. The zero-order valence-corrected chi connectivity index (χ0v) is 18.2. The maximum Gasteiger partial charge on any atom is 0.253 e. The molecular formula is C23H35FN2O3. The van der Waals surface area contributed by atoms with E-state index in [2.05, 4.69) is 18.7 Å². The molecule has 0 N–H and O–H groups in total. The molecule has 0 radical (unpaired) electrons. The van der Waals surface area contributed by atoms with Crippen molar-refractivity contribution >= 4 is 5.91 Å². The van der Waals surface area contributed by atoms with Crippen molar-refractivity contribution in [2.24, 2.45) is 5.41 Å². The number of carbonyl (C=O) groups is 1. The van der Waals surface area contributed by atoms with E-state index in [0.29, 0.717) is 30.3 Å². The van der Waals surface area contributed by atoms with Gasteiger partial charge < -0.3 is 14.4 Å². The van der Waals surface area contributed by atoms with E-state index in [-0.39, 0.29) is 23.2 Å². The van der Waals surface area contributed by atoms with E-state index < -0.39 is 0 Å². The van der Waals surface area contributed by atoms with Gasteiger partial charge in [-0.15, -0.1) is 0 Å². The standard InChI is InChI=1S/C23H35FN2O3/c1-17(2)26(11-12-28-4)15-20-14-23(16-29-20)7-9-25(10-8-23)22(27)19-6-5-18(3)21(24)13-19/h5-6,13,17,20H,7-12,14-16H2,1-4H3. The van der Waals surface area contributed by atoms with Gasteiger partial charge in [0.05, 0.1) is 19.3 Å². The van der Waals surface area contributed by atoms with Crippen molar-refractivity contribution in [3.05, 3.63) is 35.1 Å². The van der Waals surface area contributed by atoms with Crippen molar-refractivity contribution < 1.29 is 18.7 Å². The maximum absolute atomic E-state index is 13.8. The van der Waals surface area contributed by atoms with E-state index in [0.717, 1.165) is 45.6 Å². The average molecular weight is 407 g/mol. The summed E-state index contributed by atoms with van der Waals surface area (Å²) in [5.74, 6) is -0.390. The Balaban J connectivity index is 1.53. The molecule has 2 heterocycles. The highest BCUT2D eigenvalue weighted by atomic mass is 19.1. The number of halogens is 1. The molecule has 0 aromatic heterocycles. The molecule has 6 heteroatoms. The Hall–Kier alpha value is -1.50. The number of methoxy groups -OCH3 is 1. The van der Waals surface area contributed by atoms with E-state index in [9.17, 15) is 9.18 Å². The van der Waals surface area contributed by atoms with Crippen LogP contribution in [0.2, 0.25) is 0 Å². The topological polar surface area (TPSA) is 42.0 Å². The number of ether oxygens (including phenoxy) is 2. The van der Waals surface area contributed by atoms with Crippen LogP contribution >= 0.6 is 0 Å². The van der Waals surface area contributed by atoms with Crippen molar-refractivity contribution in [1.82, 2.24) is 9.80 Å². The predicted octanol–water partition coefficient (Wildman–Crippen LogP) is 3.50. The Labute approximate surface area is 174 Å². The molecule has 0 bridgehead atoms. The highest BCUT2D eigenvalue weighted by molar-refractivity contribution is 5.94. The van der Waals surface area contributed by atoms with Crippen molar-refractivity contribution in [3.63, 3.8) is 0 Å². The second kappa shape index (κ2) is 9.54. The number of hydrogen-bond donors (Lipinski definition) is 0. The van der Waals surface area contributed by atoms with Gasteiger partial charge >= 0.3 is 0 Å². The van der Waals surface area contributed by atoms with Crippen molar-refractivity contribution in [2.75, 3.05) is 46.5 Å². The van der Waals surface area contributed by atoms with E-state index >= 15 is 0 Å². The van der Waals surface area contributed by atoms with E-state index in [4.69, 9.17) is 9.47 Å². The summed E-state index contributed by atoms with van der Waals surface area (Å²) in [7, 11) is 1.74. The van der Waals surface area contributed by atoms with Crippen molar-refractivity contribution in [1.29, 1.82) is 0 Å². The Morgan fingerprint density at radius 2 is 2.10 bits per heavy atom. The maximum atomic E-state index is 13.8. The number of carbonyl (C=O) groups excluding carboxylic acids is 1. The number of likely N-dealkylation sites (tertiary alicyclic amines) is 1. The monoisotopic (exact) mass is 406 g/mol. The Morgan fingerprint density at radius 3 is 2.72 bits per heavy atom. The minimum atomic E-state index is -0.320. The molecule has 2 aliphatic rings. The molecule has 1 amide bonds. The first-order valence-corrected chi connectivity index (χ1v) is 10.7.